The maximum atomic E-state index is 13.8. The summed E-state index contributed by atoms with van der Waals surface area (Å²) >= 11 is 0. The van der Waals surface area contributed by atoms with Crippen LogP contribution in [0.2, 0.25) is 0 Å². The first-order valence-electron chi connectivity index (χ1n) is 6.82. The number of nitrogens with one attached hydrogen (secondary N) is 1. The van der Waals surface area contributed by atoms with Crippen LogP contribution in [0, 0.1) is 5.82 Å². The highest BCUT2D eigenvalue weighted by Crippen LogP contribution is 2.25. The van der Waals surface area contributed by atoms with Crippen LogP contribution in [-0.2, 0) is 6.54 Å². The SMILES string of the molecule is CC(C)(O)CCOc1c(F)cccc1CNC1CC1. The maximum Gasteiger partial charge on any atom is 0.165 e. The van der Waals surface area contributed by atoms with E-state index in [1.54, 1.807) is 19.9 Å². The lowest BCUT2D eigenvalue weighted by Gasteiger charge is -2.18. The molecule has 1 aromatic carbocycles. The topological polar surface area (TPSA) is 41.5 Å². The lowest BCUT2D eigenvalue weighted by Crippen LogP contribution is -2.22. The summed E-state index contributed by atoms with van der Waals surface area (Å²) in [5.41, 5.74) is 0.0418. The normalized spacial score (nSPS) is 15.6. The van der Waals surface area contributed by atoms with Crippen molar-refractivity contribution < 1.29 is 14.2 Å². The summed E-state index contributed by atoms with van der Waals surface area (Å²) in [6.07, 6.45) is 2.87. The Labute approximate surface area is 113 Å². The van der Waals surface area contributed by atoms with E-state index < -0.39 is 5.60 Å². The smallest absolute Gasteiger partial charge is 0.165 e. The minimum atomic E-state index is -0.794. The molecule has 0 aliphatic heterocycles. The van der Waals surface area contributed by atoms with Gasteiger partial charge in [-0.2, -0.15) is 0 Å². The fraction of sp³-hybridized carbons (Fsp3) is 0.600. The lowest BCUT2D eigenvalue weighted by atomic mass is 10.1. The molecule has 4 heteroatoms. The Kier molecular flexibility index (Phi) is 4.42. The predicted molar refractivity (Wildman–Crippen MR) is 72.7 cm³/mol. The van der Waals surface area contributed by atoms with Crippen molar-refractivity contribution in [3.63, 3.8) is 0 Å². The second-order valence-electron chi connectivity index (χ2n) is 5.79. The minimum absolute atomic E-state index is 0.305. The van der Waals surface area contributed by atoms with Gasteiger partial charge >= 0.3 is 0 Å². The zero-order valence-corrected chi connectivity index (χ0v) is 11.6. The van der Waals surface area contributed by atoms with Gasteiger partial charge in [-0.3, -0.25) is 0 Å². The average molecular weight is 267 g/mol. The van der Waals surface area contributed by atoms with Gasteiger partial charge in [0.2, 0.25) is 0 Å². The molecule has 3 nitrogen and oxygen atoms in total. The number of hydrogen-bond acceptors (Lipinski definition) is 3. The molecule has 1 aromatic rings. The molecular formula is C15H22FNO2. The van der Waals surface area contributed by atoms with Crippen LogP contribution in [-0.4, -0.2) is 23.4 Å². The Balaban J connectivity index is 1.95. The van der Waals surface area contributed by atoms with Gasteiger partial charge in [0.1, 0.15) is 0 Å². The van der Waals surface area contributed by atoms with E-state index >= 15 is 0 Å². The quantitative estimate of drug-likeness (QED) is 0.798. The lowest BCUT2D eigenvalue weighted by molar-refractivity contribution is 0.0545. The van der Waals surface area contributed by atoms with Crippen LogP contribution in [0.1, 0.15) is 38.7 Å². The highest BCUT2D eigenvalue weighted by Gasteiger charge is 2.21. The molecule has 19 heavy (non-hydrogen) atoms. The van der Waals surface area contributed by atoms with Crippen LogP contribution in [0.25, 0.3) is 0 Å². The van der Waals surface area contributed by atoms with Crippen LogP contribution in [0.4, 0.5) is 4.39 Å². The van der Waals surface area contributed by atoms with Gasteiger partial charge in [-0.05, 0) is 32.8 Å². The van der Waals surface area contributed by atoms with E-state index in [1.807, 2.05) is 6.07 Å². The molecule has 2 N–H and O–H groups in total. The number of rotatable bonds is 7. The Morgan fingerprint density at radius 2 is 2.16 bits per heavy atom. The van der Waals surface area contributed by atoms with Crippen LogP contribution in [0.3, 0.4) is 0 Å². The van der Waals surface area contributed by atoms with Crippen LogP contribution in [0.5, 0.6) is 5.75 Å². The molecule has 0 atom stereocenters. The highest BCUT2D eigenvalue weighted by atomic mass is 19.1. The molecule has 0 bridgehead atoms. The van der Waals surface area contributed by atoms with Crippen molar-refractivity contribution in [2.45, 2.75) is 51.3 Å². The maximum absolute atomic E-state index is 13.8. The molecule has 1 aliphatic carbocycles. The van der Waals surface area contributed by atoms with Crippen LogP contribution >= 0.6 is 0 Å². The van der Waals surface area contributed by atoms with E-state index in [1.165, 1.54) is 18.9 Å². The van der Waals surface area contributed by atoms with Gasteiger partial charge in [-0.15, -0.1) is 0 Å². The molecular weight excluding hydrogens is 245 g/mol. The molecule has 0 spiro atoms. The molecule has 0 radical (unpaired) electrons. The summed E-state index contributed by atoms with van der Waals surface area (Å²) in [5, 5.41) is 13.0. The number of aliphatic hydroxyl groups is 1. The molecule has 0 aromatic heterocycles. The molecule has 0 heterocycles. The number of hydrogen-bond donors (Lipinski definition) is 2. The Morgan fingerprint density at radius 1 is 1.42 bits per heavy atom. The van der Waals surface area contributed by atoms with Gasteiger partial charge in [0.05, 0.1) is 12.2 Å². The minimum Gasteiger partial charge on any atom is -0.490 e. The first-order chi connectivity index (χ1) is 8.96. The summed E-state index contributed by atoms with van der Waals surface area (Å²) in [7, 11) is 0. The largest absolute Gasteiger partial charge is 0.490 e. The molecule has 1 fully saturated rings. The first kappa shape index (κ1) is 14.3. The highest BCUT2D eigenvalue weighted by molar-refractivity contribution is 5.35. The molecule has 2 rings (SSSR count). The van der Waals surface area contributed by atoms with Gasteiger partial charge in [-0.1, -0.05) is 12.1 Å². The number of halogens is 1. The zero-order valence-electron chi connectivity index (χ0n) is 11.6. The third kappa shape index (κ3) is 4.80. The van der Waals surface area contributed by atoms with E-state index in [4.69, 9.17) is 4.74 Å². The molecule has 1 saturated carbocycles. The molecule has 0 amide bonds. The zero-order chi connectivity index (χ0) is 13.9. The Hall–Kier alpha value is -1.13. The van der Waals surface area contributed by atoms with Crippen molar-refractivity contribution in [1.82, 2.24) is 5.32 Å². The van der Waals surface area contributed by atoms with E-state index in [0.717, 1.165) is 5.56 Å². The average Bonchev–Trinajstić information content (AvgIpc) is 3.11. The van der Waals surface area contributed by atoms with Crippen molar-refractivity contribution in [1.29, 1.82) is 0 Å². The summed E-state index contributed by atoms with van der Waals surface area (Å²) < 4.78 is 19.3. The number of para-hydroxylation sites is 1. The van der Waals surface area contributed by atoms with Gasteiger partial charge in [0.25, 0.3) is 0 Å². The van der Waals surface area contributed by atoms with Crippen molar-refractivity contribution in [2.75, 3.05) is 6.61 Å². The molecule has 1 aliphatic rings. The summed E-state index contributed by atoms with van der Waals surface area (Å²) in [6, 6.07) is 5.55. The third-order valence-electron chi connectivity index (χ3n) is 3.17. The Bertz CT molecular complexity index is 425. The van der Waals surface area contributed by atoms with Crippen LogP contribution < -0.4 is 10.1 Å². The van der Waals surface area contributed by atoms with Gasteiger partial charge in [0.15, 0.2) is 11.6 Å². The summed E-state index contributed by atoms with van der Waals surface area (Å²) in [5.74, 6) is -0.0363. The third-order valence-corrected chi connectivity index (χ3v) is 3.17. The Morgan fingerprint density at radius 3 is 2.79 bits per heavy atom. The van der Waals surface area contributed by atoms with Gasteiger partial charge in [-0.25, -0.2) is 4.39 Å². The second kappa shape index (κ2) is 5.88. The van der Waals surface area contributed by atoms with Crippen molar-refractivity contribution in [2.24, 2.45) is 0 Å². The van der Waals surface area contributed by atoms with Gasteiger partial charge in [0, 0.05) is 24.6 Å². The molecule has 0 saturated heterocycles. The monoisotopic (exact) mass is 267 g/mol. The fourth-order valence-electron chi connectivity index (χ4n) is 1.80. The van der Waals surface area contributed by atoms with Gasteiger partial charge < -0.3 is 15.2 Å². The first-order valence-corrected chi connectivity index (χ1v) is 6.82. The number of ether oxygens (including phenoxy) is 1. The van der Waals surface area contributed by atoms with E-state index in [0.29, 0.717) is 31.4 Å². The molecule has 0 unspecified atom stereocenters. The van der Waals surface area contributed by atoms with E-state index in [9.17, 15) is 9.50 Å². The number of benzene rings is 1. The molecule has 106 valence electrons. The van der Waals surface area contributed by atoms with Crippen molar-refractivity contribution in [3.05, 3.63) is 29.6 Å². The summed E-state index contributed by atoms with van der Waals surface area (Å²) in [6.45, 7) is 4.36. The summed E-state index contributed by atoms with van der Waals surface area (Å²) in [4.78, 5) is 0. The van der Waals surface area contributed by atoms with Crippen molar-refractivity contribution in [3.8, 4) is 5.75 Å². The van der Waals surface area contributed by atoms with E-state index in [2.05, 4.69) is 5.32 Å². The second-order valence-corrected chi connectivity index (χ2v) is 5.79. The van der Waals surface area contributed by atoms with Crippen LogP contribution in [0.15, 0.2) is 18.2 Å². The fourth-order valence-corrected chi connectivity index (χ4v) is 1.80. The standard InChI is InChI=1S/C15H22FNO2/c1-15(2,18)8-9-19-14-11(4-3-5-13(14)16)10-17-12-6-7-12/h3-5,12,17-18H,6-10H2,1-2H3. The predicted octanol–water partition coefficient (Wildman–Crippen LogP) is 2.62. The van der Waals surface area contributed by atoms with Crippen molar-refractivity contribution >= 4 is 0 Å². The van der Waals surface area contributed by atoms with E-state index in [-0.39, 0.29) is 5.82 Å².